The molecule has 4 rings (SSSR count). The average Bonchev–Trinajstić information content (AvgIpc) is 2.93. The van der Waals surface area contributed by atoms with Crippen LogP contribution in [0.25, 0.3) is 0 Å². The number of amidine groups is 2. The first-order valence-electron chi connectivity index (χ1n) is 14.7. The van der Waals surface area contributed by atoms with E-state index < -0.39 is 85.1 Å². The first-order valence-corrected chi connectivity index (χ1v) is 14.7. The Labute approximate surface area is 250 Å². The van der Waals surface area contributed by atoms with E-state index in [-0.39, 0.29) is 50.1 Å². The van der Waals surface area contributed by atoms with Crippen molar-refractivity contribution in [2.75, 3.05) is 26.9 Å². The third-order valence-electron chi connectivity index (χ3n) is 8.87. The number of aliphatic imine (C=N–C) groups is 1. The molecule has 0 amide bonds. The highest BCUT2D eigenvalue weighted by atomic mass is 19.1. The molecule has 0 aromatic heterocycles. The van der Waals surface area contributed by atoms with E-state index in [2.05, 4.69) is 15.6 Å². The van der Waals surface area contributed by atoms with Crippen LogP contribution >= 0.6 is 0 Å². The molecular weight excluding hydrogens is 571 g/mol. The van der Waals surface area contributed by atoms with E-state index in [1.54, 1.807) is 7.05 Å². The van der Waals surface area contributed by atoms with Crippen molar-refractivity contribution in [3.8, 4) is 0 Å². The van der Waals surface area contributed by atoms with Gasteiger partial charge in [-0.25, -0.2) is 4.39 Å². The van der Waals surface area contributed by atoms with Crippen LogP contribution in [0.3, 0.4) is 0 Å². The van der Waals surface area contributed by atoms with Crippen LogP contribution in [0.2, 0.25) is 0 Å². The van der Waals surface area contributed by atoms with Crippen molar-refractivity contribution in [1.82, 2.24) is 10.6 Å². The van der Waals surface area contributed by atoms with Crippen molar-refractivity contribution in [2.45, 2.75) is 124 Å². The molecule has 17 heteroatoms. The third-order valence-corrected chi connectivity index (χ3v) is 8.87. The quantitative estimate of drug-likeness (QED) is 0.0817. The van der Waals surface area contributed by atoms with E-state index >= 15 is 0 Å². The summed E-state index contributed by atoms with van der Waals surface area (Å²) in [5, 5.41) is 58.4. The highest BCUT2D eigenvalue weighted by molar-refractivity contribution is 5.89. The molecule has 4 aliphatic rings. The fourth-order valence-corrected chi connectivity index (χ4v) is 6.35. The molecule has 2 saturated heterocycles. The van der Waals surface area contributed by atoms with E-state index in [1.807, 2.05) is 0 Å². The first-order chi connectivity index (χ1) is 20.2. The Kier molecular flexibility index (Phi) is 11.0. The maximum absolute atomic E-state index is 12.7. The molecule has 0 radical (unpaired) electrons. The van der Waals surface area contributed by atoms with Crippen LogP contribution in [0.15, 0.2) is 4.99 Å². The van der Waals surface area contributed by atoms with Crippen molar-refractivity contribution in [3.63, 3.8) is 0 Å². The summed E-state index contributed by atoms with van der Waals surface area (Å²) >= 11 is 0. The number of hydrogen-bond donors (Lipinski definition) is 11. The predicted molar refractivity (Wildman–Crippen MR) is 153 cm³/mol. The summed E-state index contributed by atoms with van der Waals surface area (Å²) < 4.78 is 36.7. The number of halogens is 1. The Morgan fingerprint density at radius 2 is 1.74 bits per heavy atom. The molecule has 7 unspecified atom stereocenters. The molecule has 43 heavy (non-hydrogen) atoms. The van der Waals surface area contributed by atoms with E-state index in [9.17, 15) is 24.8 Å². The lowest BCUT2D eigenvalue weighted by Crippen LogP contribution is -2.70. The predicted octanol–water partition coefficient (Wildman–Crippen LogP) is -4.15. The Hall–Kier alpha value is -1.61. The van der Waals surface area contributed by atoms with Gasteiger partial charge in [-0.05, 0) is 46.1 Å². The van der Waals surface area contributed by atoms with E-state index in [4.69, 9.17) is 47.3 Å². The van der Waals surface area contributed by atoms with Crippen molar-refractivity contribution >= 4 is 11.7 Å². The molecule has 0 aromatic rings. The Balaban J connectivity index is 1.52. The lowest BCUT2D eigenvalue weighted by atomic mass is 9.74. The summed E-state index contributed by atoms with van der Waals surface area (Å²) in [4.78, 5) is 3.97. The van der Waals surface area contributed by atoms with Crippen LogP contribution in [0.1, 0.15) is 39.0 Å². The molecule has 0 bridgehead atoms. The van der Waals surface area contributed by atoms with Crippen molar-refractivity contribution in [1.29, 1.82) is 5.41 Å². The molecule has 248 valence electrons. The van der Waals surface area contributed by atoms with Gasteiger partial charge in [0.1, 0.15) is 54.0 Å². The minimum atomic E-state index is -1.45. The standard InChI is InChI=1S/C26H49FN8O8/c1-25(38)10-40-23(18(37)21(25)33-2)43-20-15(35-24(32)26(39)6-11(28)7-26)5-14(30)19(17(20)36)42-22-13(29)4-3-12(41-22)9-34-16(31)8-27/h11-15,17-23,33,36-39H,3-10,28-30H2,1-2H3,(H2,31,34)(H2,32,35)/t11?,12-,13?,14-,15+,17?,18?,19?,20?,21+,22?,23+,25?,26?/m0/s1. The zero-order valence-corrected chi connectivity index (χ0v) is 24.6. The Morgan fingerprint density at radius 1 is 1.07 bits per heavy atom. The molecule has 4 fully saturated rings. The second-order valence-electron chi connectivity index (χ2n) is 12.5. The van der Waals surface area contributed by atoms with Gasteiger partial charge < -0.3 is 72.9 Å². The highest BCUT2D eigenvalue weighted by Crippen LogP contribution is 2.35. The molecule has 2 aliphatic carbocycles. The van der Waals surface area contributed by atoms with Crippen molar-refractivity contribution in [2.24, 2.45) is 27.9 Å². The first kappa shape index (κ1) is 34.3. The monoisotopic (exact) mass is 620 g/mol. The minimum Gasteiger partial charge on any atom is -0.388 e. The second kappa shape index (κ2) is 13.8. The van der Waals surface area contributed by atoms with E-state index in [1.165, 1.54) is 6.92 Å². The zero-order chi connectivity index (χ0) is 31.7. The fraction of sp³-hybridized carbons (Fsp3) is 0.923. The summed E-state index contributed by atoms with van der Waals surface area (Å²) in [6, 6.07) is -3.21. The average molecular weight is 621 g/mol. The smallest absolute Gasteiger partial charge is 0.185 e. The molecule has 16 nitrogen and oxygen atoms in total. The number of aliphatic hydroxyl groups excluding tert-OH is 2. The SMILES string of the molecule is CN[C@@H]1C(O)[C@@H](OC2C(O)C(OC3O[C@H](CN=C(N)CF)CCC3N)[C@@H](N)C[C@H]2NC(=N)C2(O)CC(N)C2)OCC1(C)O. The topological polar surface area (TPSA) is 282 Å². The van der Waals surface area contributed by atoms with Gasteiger partial charge in [0.15, 0.2) is 12.6 Å². The van der Waals surface area contributed by atoms with E-state index in [0.717, 1.165) is 0 Å². The van der Waals surface area contributed by atoms with E-state index in [0.29, 0.717) is 12.8 Å². The van der Waals surface area contributed by atoms with Gasteiger partial charge in [-0.2, -0.15) is 0 Å². The zero-order valence-electron chi connectivity index (χ0n) is 24.6. The van der Waals surface area contributed by atoms with Crippen LogP contribution in [0.4, 0.5) is 4.39 Å². The minimum absolute atomic E-state index is 0.112. The number of nitrogens with two attached hydrogens (primary N) is 4. The third kappa shape index (κ3) is 7.62. The lowest BCUT2D eigenvalue weighted by Gasteiger charge is -2.50. The van der Waals surface area contributed by atoms with Crippen LogP contribution < -0.4 is 33.6 Å². The highest BCUT2D eigenvalue weighted by Gasteiger charge is 2.53. The molecular formula is C26H49FN8O8. The number of nitrogens with one attached hydrogen (secondary N) is 3. The number of hydrogen-bond acceptors (Lipinski definition) is 14. The molecule has 2 heterocycles. The van der Waals surface area contributed by atoms with Gasteiger partial charge in [-0.1, -0.05) is 0 Å². The normalized spacial score (nSPS) is 47.5. The lowest BCUT2D eigenvalue weighted by molar-refractivity contribution is -0.307. The number of nitrogens with zero attached hydrogens (tertiary/aromatic N) is 1. The maximum atomic E-state index is 12.7. The Morgan fingerprint density at radius 3 is 2.37 bits per heavy atom. The number of rotatable bonds is 10. The van der Waals surface area contributed by atoms with Gasteiger partial charge in [0.2, 0.25) is 0 Å². The van der Waals surface area contributed by atoms with Crippen LogP contribution in [0, 0.1) is 5.41 Å². The Bertz CT molecular complexity index is 991. The molecule has 0 aromatic carbocycles. The number of likely N-dealkylation sites (N-methyl/N-ethyl adjacent to an activating group) is 1. The van der Waals surface area contributed by atoms with Crippen LogP contribution in [-0.4, -0.2) is 143 Å². The molecule has 2 saturated carbocycles. The van der Waals surface area contributed by atoms with Gasteiger partial charge in [-0.15, -0.1) is 0 Å². The molecule has 2 aliphatic heterocycles. The molecule has 0 spiro atoms. The number of ether oxygens (including phenoxy) is 4. The largest absolute Gasteiger partial charge is 0.388 e. The molecule has 15 N–H and O–H groups in total. The van der Waals surface area contributed by atoms with Gasteiger partial charge in [0.05, 0.1) is 37.4 Å². The molecule has 12 atom stereocenters. The summed E-state index contributed by atoms with van der Waals surface area (Å²) in [6.07, 6.45) is -6.13. The van der Waals surface area contributed by atoms with Crippen molar-refractivity contribution < 1.29 is 43.8 Å². The van der Waals surface area contributed by atoms with Crippen LogP contribution in [0.5, 0.6) is 0 Å². The van der Waals surface area contributed by atoms with Crippen LogP contribution in [-0.2, 0) is 18.9 Å². The summed E-state index contributed by atoms with van der Waals surface area (Å²) in [6.45, 7) is 0.579. The second-order valence-corrected chi connectivity index (χ2v) is 12.5. The summed E-state index contributed by atoms with van der Waals surface area (Å²) in [5.41, 5.74) is 21.2. The number of aliphatic hydroxyl groups is 4. The number of alkyl halides is 1. The van der Waals surface area contributed by atoms with Gasteiger partial charge in [-0.3, -0.25) is 10.4 Å². The van der Waals surface area contributed by atoms with Gasteiger partial charge in [0, 0.05) is 12.1 Å². The fourth-order valence-electron chi connectivity index (χ4n) is 6.35. The summed E-state index contributed by atoms with van der Waals surface area (Å²) in [5.74, 6) is -0.339. The van der Waals surface area contributed by atoms with Gasteiger partial charge >= 0.3 is 0 Å². The van der Waals surface area contributed by atoms with Gasteiger partial charge in [0.25, 0.3) is 0 Å². The summed E-state index contributed by atoms with van der Waals surface area (Å²) in [7, 11) is 1.58. The maximum Gasteiger partial charge on any atom is 0.185 e. The van der Waals surface area contributed by atoms with Crippen molar-refractivity contribution in [3.05, 3.63) is 0 Å².